The molecule has 0 bridgehead atoms. The van der Waals surface area contributed by atoms with Crippen molar-refractivity contribution in [3.8, 4) is 0 Å². The molecule has 1 aromatic carbocycles. The van der Waals surface area contributed by atoms with Crippen molar-refractivity contribution in [1.29, 1.82) is 0 Å². The first-order valence-electron chi connectivity index (χ1n) is 8.55. The highest BCUT2D eigenvalue weighted by Gasteiger charge is 2.34. The molecule has 0 spiro atoms. The van der Waals surface area contributed by atoms with E-state index in [4.69, 9.17) is 4.74 Å². The predicted octanol–water partition coefficient (Wildman–Crippen LogP) is 3.95. The van der Waals surface area contributed by atoms with Crippen LogP contribution in [0, 0.1) is 0 Å². The number of alkyl carbamates (subject to hydrolysis) is 1. The molecule has 3 atom stereocenters. The van der Waals surface area contributed by atoms with Crippen LogP contribution in [0.25, 0.3) is 0 Å². The van der Waals surface area contributed by atoms with E-state index in [1.165, 1.54) is 5.56 Å². The highest BCUT2D eigenvalue weighted by molar-refractivity contribution is 5.68. The third kappa shape index (κ3) is 5.24. The van der Waals surface area contributed by atoms with Crippen LogP contribution in [0.3, 0.4) is 0 Å². The first-order chi connectivity index (χ1) is 10.8. The normalized spacial score (nSPS) is 25.9. The lowest BCUT2D eigenvalue weighted by atomic mass is 9.92. The summed E-state index contributed by atoms with van der Waals surface area (Å²) in [6.07, 6.45) is 1.76. The fraction of sp³-hybridized carbons (Fsp3) is 0.632. The maximum absolute atomic E-state index is 12.1. The summed E-state index contributed by atoms with van der Waals surface area (Å²) in [5.41, 5.74) is 0.850. The molecule has 4 heteroatoms. The van der Waals surface area contributed by atoms with Gasteiger partial charge in [-0.15, -0.1) is 0 Å². The van der Waals surface area contributed by atoms with E-state index in [0.29, 0.717) is 6.04 Å². The van der Waals surface area contributed by atoms with Crippen molar-refractivity contribution in [3.63, 3.8) is 0 Å². The summed E-state index contributed by atoms with van der Waals surface area (Å²) < 4.78 is 5.40. The van der Waals surface area contributed by atoms with E-state index in [0.717, 1.165) is 19.4 Å². The molecule has 128 valence electrons. The predicted molar refractivity (Wildman–Crippen MR) is 93.3 cm³/mol. The Morgan fingerprint density at radius 2 is 1.87 bits per heavy atom. The van der Waals surface area contributed by atoms with Crippen molar-refractivity contribution in [2.75, 3.05) is 0 Å². The molecule has 1 heterocycles. The minimum atomic E-state index is -0.459. The zero-order chi connectivity index (χ0) is 17.0. The highest BCUT2D eigenvalue weighted by atomic mass is 16.6. The number of likely N-dealkylation sites (tertiary alicyclic amines) is 1. The Labute approximate surface area is 140 Å². The van der Waals surface area contributed by atoms with E-state index in [-0.39, 0.29) is 18.2 Å². The number of nitrogens with one attached hydrogen (secondary N) is 1. The number of carbonyl (C=O) groups excluding carboxylic acids is 1. The van der Waals surface area contributed by atoms with Crippen molar-refractivity contribution in [2.24, 2.45) is 0 Å². The van der Waals surface area contributed by atoms with Gasteiger partial charge in [-0.25, -0.2) is 4.79 Å². The maximum Gasteiger partial charge on any atom is 0.407 e. The average Bonchev–Trinajstić information content (AvgIpc) is 2.46. The quantitative estimate of drug-likeness (QED) is 0.917. The second kappa shape index (κ2) is 7.35. The van der Waals surface area contributed by atoms with Crippen molar-refractivity contribution in [3.05, 3.63) is 35.9 Å². The van der Waals surface area contributed by atoms with E-state index in [9.17, 15) is 4.79 Å². The molecule has 1 aromatic rings. The van der Waals surface area contributed by atoms with Crippen LogP contribution in [0.15, 0.2) is 30.3 Å². The van der Waals surface area contributed by atoms with Crippen LogP contribution in [-0.2, 0) is 11.3 Å². The Balaban J connectivity index is 1.99. The summed E-state index contributed by atoms with van der Waals surface area (Å²) >= 11 is 0. The smallest absolute Gasteiger partial charge is 0.407 e. The van der Waals surface area contributed by atoms with E-state index >= 15 is 0 Å². The van der Waals surface area contributed by atoms with Crippen molar-refractivity contribution in [1.82, 2.24) is 10.2 Å². The Morgan fingerprint density at radius 1 is 1.22 bits per heavy atom. The van der Waals surface area contributed by atoms with Crippen molar-refractivity contribution in [2.45, 2.75) is 77.7 Å². The Kier molecular flexibility index (Phi) is 5.69. The molecule has 1 saturated heterocycles. The number of ether oxygens (including phenoxy) is 1. The number of hydrogen-bond donors (Lipinski definition) is 1. The molecular weight excluding hydrogens is 288 g/mol. The van der Waals surface area contributed by atoms with Crippen LogP contribution in [0.4, 0.5) is 4.79 Å². The highest BCUT2D eigenvalue weighted by Crippen LogP contribution is 2.25. The zero-order valence-corrected chi connectivity index (χ0v) is 15.0. The third-order valence-corrected chi connectivity index (χ3v) is 4.48. The van der Waals surface area contributed by atoms with Gasteiger partial charge in [0.05, 0.1) is 0 Å². The number of hydrogen-bond acceptors (Lipinski definition) is 3. The van der Waals surface area contributed by atoms with Crippen LogP contribution in [0.2, 0.25) is 0 Å². The molecule has 0 aromatic heterocycles. The van der Waals surface area contributed by atoms with Crippen LogP contribution < -0.4 is 5.32 Å². The second-order valence-corrected chi connectivity index (χ2v) is 7.58. The van der Waals surface area contributed by atoms with Crippen LogP contribution in [0.1, 0.15) is 53.0 Å². The minimum absolute atomic E-state index is 0.129. The van der Waals surface area contributed by atoms with Gasteiger partial charge in [0.15, 0.2) is 0 Å². The largest absolute Gasteiger partial charge is 0.444 e. The minimum Gasteiger partial charge on any atom is -0.444 e. The molecule has 1 aliphatic heterocycles. The number of benzene rings is 1. The van der Waals surface area contributed by atoms with Gasteiger partial charge in [-0.1, -0.05) is 30.3 Å². The zero-order valence-electron chi connectivity index (χ0n) is 15.0. The number of amides is 1. The molecule has 1 fully saturated rings. The van der Waals surface area contributed by atoms with E-state index in [1.54, 1.807) is 0 Å². The van der Waals surface area contributed by atoms with Gasteiger partial charge in [0.25, 0.3) is 0 Å². The third-order valence-electron chi connectivity index (χ3n) is 4.48. The Bertz CT molecular complexity index is 510. The molecule has 23 heavy (non-hydrogen) atoms. The van der Waals surface area contributed by atoms with E-state index in [1.807, 2.05) is 26.8 Å². The number of piperidine rings is 1. The van der Waals surface area contributed by atoms with Gasteiger partial charge >= 0.3 is 6.09 Å². The van der Waals surface area contributed by atoms with Crippen LogP contribution in [-0.4, -0.2) is 34.7 Å². The van der Waals surface area contributed by atoms with E-state index in [2.05, 4.69) is 48.3 Å². The summed E-state index contributed by atoms with van der Waals surface area (Å²) in [6.45, 7) is 11.0. The number of nitrogens with zero attached hydrogens (tertiary/aromatic N) is 1. The second-order valence-electron chi connectivity index (χ2n) is 7.58. The number of carbonyl (C=O) groups is 1. The van der Waals surface area contributed by atoms with Gasteiger partial charge in [0, 0.05) is 24.7 Å². The standard InChI is InChI=1S/C19H30N2O2/c1-14-11-12-17(20-18(22)23-19(3,4)5)15(2)21(14)13-16-9-7-6-8-10-16/h6-10,14-15,17H,11-13H2,1-5H3,(H,20,22)/t14-,15+,17-/m1/s1. The molecule has 0 unspecified atom stereocenters. The summed E-state index contributed by atoms with van der Waals surface area (Å²) in [7, 11) is 0. The summed E-state index contributed by atoms with van der Waals surface area (Å²) in [4.78, 5) is 14.5. The maximum atomic E-state index is 12.1. The van der Waals surface area contributed by atoms with Gasteiger partial charge in [0.1, 0.15) is 5.60 Å². The molecular formula is C19H30N2O2. The van der Waals surface area contributed by atoms with Crippen LogP contribution in [0.5, 0.6) is 0 Å². The fourth-order valence-corrected chi connectivity index (χ4v) is 3.21. The Hall–Kier alpha value is -1.55. The summed E-state index contributed by atoms with van der Waals surface area (Å²) in [5, 5.41) is 3.06. The summed E-state index contributed by atoms with van der Waals surface area (Å²) in [6, 6.07) is 11.4. The lowest BCUT2D eigenvalue weighted by Gasteiger charge is -2.44. The first-order valence-corrected chi connectivity index (χ1v) is 8.55. The monoisotopic (exact) mass is 318 g/mol. The molecule has 0 aliphatic carbocycles. The van der Waals surface area contributed by atoms with Gasteiger partial charge in [0.2, 0.25) is 0 Å². The summed E-state index contributed by atoms with van der Waals surface area (Å²) in [5.74, 6) is 0. The molecule has 1 amide bonds. The molecule has 1 N–H and O–H groups in total. The average molecular weight is 318 g/mol. The van der Waals surface area contributed by atoms with Gasteiger partial charge < -0.3 is 10.1 Å². The first kappa shape index (κ1) is 17.8. The topological polar surface area (TPSA) is 41.6 Å². The fourth-order valence-electron chi connectivity index (χ4n) is 3.21. The van der Waals surface area contributed by atoms with Gasteiger partial charge in [-0.05, 0) is 53.0 Å². The van der Waals surface area contributed by atoms with Gasteiger partial charge in [-0.3, -0.25) is 4.90 Å². The van der Waals surface area contributed by atoms with Crippen LogP contribution >= 0.6 is 0 Å². The molecule has 1 aliphatic rings. The lowest BCUT2D eigenvalue weighted by Crippen LogP contribution is -2.56. The SMILES string of the molecule is C[C@@H]1CC[C@@H](NC(=O)OC(C)(C)C)[C@H](C)N1Cc1ccccc1. The molecule has 2 rings (SSSR count). The van der Waals surface area contributed by atoms with Crippen molar-refractivity contribution < 1.29 is 9.53 Å². The van der Waals surface area contributed by atoms with E-state index < -0.39 is 5.60 Å². The molecule has 0 radical (unpaired) electrons. The van der Waals surface area contributed by atoms with Crippen molar-refractivity contribution >= 4 is 6.09 Å². The number of rotatable bonds is 3. The Morgan fingerprint density at radius 3 is 2.48 bits per heavy atom. The molecule has 0 saturated carbocycles. The lowest BCUT2D eigenvalue weighted by molar-refractivity contribution is 0.0328. The molecule has 4 nitrogen and oxygen atoms in total. The van der Waals surface area contributed by atoms with Gasteiger partial charge in [-0.2, -0.15) is 0 Å².